The van der Waals surface area contributed by atoms with Crippen molar-refractivity contribution in [2.45, 2.75) is 32.5 Å². The number of carbonyl (C=O) groups excluding carboxylic acids is 1. The number of urea groups is 1. The van der Waals surface area contributed by atoms with E-state index in [0.29, 0.717) is 5.82 Å². The molecule has 1 aromatic rings. The van der Waals surface area contributed by atoms with E-state index in [1.54, 1.807) is 6.92 Å². The summed E-state index contributed by atoms with van der Waals surface area (Å²) in [7, 11) is 0. The highest BCUT2D eigenvalue weighted by molar-refractivity contribution is 5.82. The van der Waals surface area contributed by atoms with Crippen LogP contribution in [0.5, 0.6) is 0 Å². The Kier molecular flexibility index (Phi) is 4.60. The van der Waals surface area contributed by atoms with Gasteiger partial charge in [0.15, 0.2) is 11.9 Å². The largest absolute Gasteiger partial charge is 0.480 e. The van der Waals surface area contributed by atoms with E-state index >= 15 is 0 Å². The molecule has 0 aliphatic rings. The molecule has 2 unspecified atom stereocenters. The monoisotopic (exact) mass is 258 g/mol. The van der Waals surface area contributed by atoms with Gasteiger partial charge < -0.3 is 25.4 Å². The molecular formula is C9H14N4O5. The second-order valence-corrected chi connectivity index (χ2v) is 3.62. The number of aromatic nitrogens is 2. The van der Waals surface area contributed by atoms with Crippen molar-refractivity contribution in [3.05, 3.63) is 11.7 Å². The van der Waals surface area contributed by atoms with Gasteiger partial charge in [-0.15, -0.1) is 0 Å². The maximum absolute atomic E-state index is 11.4. The molecule has 0 aromatic carbocycles. The van der Waals surface area contributed by atoms with Crippen LogP contribution in [0.3, 0.4) is 0 Å². The quantitative estimate of drug-likeness (QED) is 0.532. The second-order valence-electron chi connectivity index (χ2n) is 3.62. The normalized spacial score (nSPS) is 13.7. The summed E-state index contributed by atoms with van der Waals surface area (Å²) in [5, 5.41) is 25.8. The van der Waals surface area contributed by atoms with Gasteiger partial charge in [0.2, 0.25) is 5.89 Å². The summed E-state index contributed by atoms with van der Waals surface area (Å²) >= 11 is 0. The van der Waals surface area contributed by atoms with Crippen molar-refractivity contribution >= 4 is 12.0 Å². The van der Waals surface area contributed by atoms with Gasteiger partial charge in [0.25, 0.3) is 0 Å². The summed E-state index contributed by atoms with van der Waals surface area (Å²) in [6.07, 6.45) is -1.21. The van der Waals surface area contributed by atoms with E-state index < -0.39 is 24.1 Å². The first kappa shape index (κ1) is 13.9. The van der Waals surface area contributed by atoms with Crippen molar-refractivity contribution in [1.29, 1.82) is 0 Å². The fraction of sp³-hybridized carbons (Fsp3) is 0.556. The standard InChI is InChI=1S/C9H14N4O5/c1-4(14)7(8(15)16)12-9(17)10-3-6-11-5(2)13-18-6/h4,7,14H,3H2,1-2H3,(H,15,16)(H2,10,12,17). The molecule has 9 nitrogen and oxygen atoms in total. The summed E-state index contributed by atoms with van der Waals surface area (Å²) in [4.78, 5) is 25.9. The lowest BCUT2D eigenvalue weighted by Gasteiger charge is -2.16. The molecule has 2 atom stereocenters. The molecule has 1 heterocycles. The van der Waals surface area contributed by atoms with Crippen molar-refractivity contribution in [2.75, 3.05) is 0 Å². The van der Waals surface area contributed by atoms with E-state index in [1.807, 2.05) is 0 Å². The number of aliphatic carboxylic acids is 1. The van der Waals surface area contributed by atoms with Gasteiger partial charge in [-0.2, -0.15) is 4.98 Å². The van der Waals surface area contributed by atoms with Crippen molar-refractivity contribution in [3.63, 3.8) is 0 Å². The Labute approximate surface area is 102 Å². The summed E-state index contributed by atoms with van der Waals surface area (Å²) in [6, 6.07) is -2.13. The Morgan fingerprint density at radius 1 is 1.50 bits per heavy atom. The fourth-order valence-electron chi connectivity index (χ4n) is 1.15. The van der Waals surface area contributed by atoms with Gasteiger partial charge in [-0.25, -0.2) is 9.59 Å². The van der Waals surface area contributed by atoms with Gasteiger partial charge in [-0.05, 0) is 13.8 Å². The molecule has 0 aliphatic carbocycles. The number of nitrogens with one attached hydrogen (secondary N) is 2. The number of rotatable bonds is 5. The Hall–Kier alpha value is -2.16. The third kappa shape index (κ3) is 4.01. The number of hydrogen-bond acceptors (Lipinski definition) is 6. The highest BCUT2D eigenvalue weighted by atomic mass is 16.5. The van der Waals surface area contributed by atoms with Crippen molar-refractivity contribution in [1.82, 2.24) is 20.8 Å². The van der Waals surface area contributed by atoms with E-state index in [2.05, 4.69) is 20.8 Å². The number of carbonyl (C=O) groups is 2. The molecule has 0 spiro atoms. The number of aliphatic hydroxyl groups is 1. The Bertz CT molecular complexity index is 430. The minimum atomic E-state index is -1.38. The summed E-state index contributed by atoms with van der Waals surface area (Å²) in [5.41, 5.74) is 0. The molecule has 0 fully saturated rings. The zero-order valence-corrected chi connectivity index (χ0v) is 9.88. The molecule has 0 bridgehead atoms. The minimum absolute atomic E-state index is 0.0289. The lowest BCUT2D eigenvalue weighted by molar-refractivity contribution is -0.141. The van der Waals surface area contributed by atoms with Gasteiger partial charge in [-0.3, -0.25) is 0 Å². The van der Waals surface area contributed by atoms with Crippen LogP contribution in [0.4, 0.5) is 4.79 Å². The lowest BCUT2D eigenvalue weighted by atomic mass is 10.2. The number of aryl methyl sites for hydroxylation is 1. The fourth-order valence-corrected chi connectivity index (χ4v) is 1.15. The van der Waals surface area contributed by atoms with Crippen LogP contribution in [0.15, 0.2) is 4.52 Å². The molecule has 100 valence electrons. The smallest absolute Gasteiger partial charge is 0.328 e. The van der Waals surface area contributed by atoms with Crippen LogP contribution in [-0.2, 0) is 11.3 Å². The van der Waals surface area contributed by atoms with Gasteiger partial charge in [0, 0.05) is 0 Å². The third-order valence-electron chi connectivity index (χ3n) is 2.00. The highest BCUT2D eigenvalue weighted by Gasteiger charge is 2.24. The molecule has 4 N–H and O–H groups in total. The van der Waals surface area contributed by atoms with E-state index in [0.717, 1.165) is 0 Å². The zero-order chi connectivity index (χ0) is 13.7. The van der Waals surface area contributed by atoms with Crippen LogP contribution in [0.2, 0.25) is 0 Å². The van der Waals surface area contributed by atoms with Crippen LogP contribution < -0.4 is 10.6 Å². The summed E-state index contributed by atoms with van der Waals surface area (Å²) in [5.74, 6) is -0.694. The number of aliphatic hydroxyl groups excluding tert-OH is 1. The predicted octanol–water partition coefficient (Wildman–Crippen LogP) is -0.989. The third-order valence-corrected chi connectivity index (χ3v) is 2.00. The second kappa shape index (κ2) is 5.96. The first-order chi connectivity index (χ1) is 8.40. The van der Waals surface area contributed by atoms with E-state index in [-0.39, 0.29) is 12.4 Å². The first-order valence-corrected chi connectivity index (χ1v) is 5.14. The predicted molar refractivity (Wildman–Crippen MR) is 57.5 cm³/mol. The lowest BCUT2D eigenvalue weighted by Crippen LogP contribution is -2.51. The average molecular weight is 258 g/mol. The summed E-state index contributed by atoms with van der Waals surface area (Å²) in [6.45, 7) is 2.86. The van der Waals surface area contributed by atoms with Crippen LogP contribution in [0.25, 0.3) is 0 Å². The number of nitrogens with zero attached hydrogens (tertiary/aromatic N) is 2. The zero-order valence-electron chi connectivity index (χ0n) is 9.88. The van der Waals surface area contributed by atoms with Crippen molar-refractivity contribution in [2.24, 2.45) is 0 Å². The first-order valence-electron chi connectivity index (χ1n) is 5.14. The average Bonchev–Trinajstić information content (AvgIpc) is 2.68. The van der Waals surface area contributed by atoms with Gasteiger partial charge in [0.1, 0.15) is 0 Å². The maximum atomic E-state index is 11.4. The number of hydrogen-bond donors (Lipinski definition) is 4. The van der Waals surface area contributed by atoms with Crippen molar-refractivity contribution < 1.29 is 24.3 Å². The number of carboxylic acids is 1. The molecular weight excluding hydrogens is 244 g/mol. The molecule has 0 saturated carbocycles. The summed E-state index contributed by atoms with van der Waals surface area (Å²) < 4.78 is 4.75. The maximum Gasteiger partial charge on any atom is 0.328 e. The van der Waals surface area contributed by atoms with E-state index in [1.165, 1.54) is 6.92 Å². The topological polar surface area (TPSA) is 138 Å². The highest BCUT2D eigenvalue weighted by Crippen LogP contribution is 1.96. The molecule has 0 saturated heterocycles. The minimum Gasteiger partial charge on any atom is -0.480 e. The Morgan fingerprint density at radius 2 is 2.17 bits per heavy atom. The van der Waals surface area contributed by atoms with E-state index in [9.17, 15) is 9.59 Å². The molecule has 1 rings (SSSR count). The molecule has 0 aliphatic heterocycles. The van der Waals surface area contributed by atoms with Crippen molar-refractivity contribution in [3.8, 4) is 0 Å². The van der Waals surface area contributed by atoms with Crippen LogP contribution in [0, 0.1) is 6.92 Å². The van der Waals surface area contributed by atoms with Gasteiger partial charge in [0.05, 0.1) is 12.6 Å². The molecule has 18 heavy (non-hydrogen) atoms. The van der Waals surface area contributed by atoms with Gasteiger partial charge in [-0.1, -0.05) is 5.16 Å². The Balaban J connectivity index is 2.43. The molecule has 2 amide bonds. The van der Waals surface area contributed by atoms with Crippen LogP contribution in [0.1, 0.15) is 18.6 Å². The molecule has 9 heteroatoms. The molecule has 0 radical (unpaired) electrons. The SMILES string of the molecule is Cc1noc(CNC(=O)NC(C(=O)O)C(C)O)n1. The van der Waals surface area contributed by atoms with E-state index in [4.69, 9.17) is 14.7 Å². The van der Waals surface area contributed by atoms with Crippen LogP contribution in [-0.4, -0.2) is 44.5 Å². The molecule has 1 aromatic heterocycles. The van der Waals surface area contributed by atoms with Crippen LogP contribution >= 0.6 is 0 Å². The van der Waals surface area contributed by atoms with Gasteiger partial charge >= 0.3 is 12.0 Å². The Morgan fingerprint density at radius 3 is 2.61 bits per heavy atom. The number of carboxylic acid groups (broad SMARTS) is 1. The number of amides is 2.